The molecule has 1 rings (SSSR count). The van der Waals surface area contributed by atoms with Gasteiger partial charge in [0.2, 0.25) is 15.0 Å². The zero-order valence-corrected chi connectivity index (χ0v) is 10.9. The average molecular weight is 245 g/mol. The smallest absolute Gasteiger partial charge is 0.249 e. The zero-order chi connectivity index (χ0) is 12.2. The maximum atomic E-state index is 12.0. The van der Waals surface area contributed by atoms with Gasteiger partial charge in [-0.1, -0.05) is 19.8 Å². The van der Waals surface area contributed by atoms with Crippen LogP contribution in [0.15, 0.2) is 5.16 Å². The molecule has 0 unspecified atom stereocenters. The van der Waals surface area contributed by atoms with Crippen LogP contribution in [0.4, 0.5) is 0 Å². The van der Waals surface area contributed by atoms with Crippen molar-refractivity contribution in [2.24, 2.45) is 0 Å². The van der Waals surface area contributed by atoms with Crippen molar-refractivity contribution in [2.75, 3.05) is 5.75 Å². The predicted molar refractivity (Wildman–Crippen MR) is 62.0 cm³/mol. The highest BCUT2D eigenvalue weighted by Gasteiger charge is 2.22. The molecular weight excluding hydrogens is 226 g/mol. The van der Waals surface area contributed by atoms with Gasteiger partial charge in [0.05, 0.1) is 5.75 Å². The van der Waals surface area contributed by atoms with E-state index in [1.165, 1.54) is 0 Å². The molecule has 0 fully saturated rings. The third kappa shape index (κ3) is 2.81. The van der Waals surface area contributed by atoms with Gasteiger partial charge >= 0.3 is 0 Å². The third-order valence-corrected chi connectivity index (χ3v) is 4.20. The number of hydrogen-bond donors (Lipinski definition) is 0. The number of nitrogens with zero attached hydrogens (tertiary/aromatic N) is 3. The van der Waals surface area contributed by atoms with E-state index >= 15 is 0 Å². The van der Waals surface area contributed by atoms with Crippen LogP contribution in [0.1, 0.15) is 38.9 Å². The van der Waals surface area contributed by atoms with Crippen molar-refractivity contribution < 1.29 is 8.42 Å². The van der Waals surface area contributed by atoms with Gasteiger partial charge in [0.25, 0.3) is 0 Å². The highest BCUT2D eigenvalue weighted by Crippen LogP contribution is 2.12. The lowest BCUT2D eigenvalue weighted by molar-refractivity contribution is 0.561. The Morgan fingerprint density at radius 2 is 1.88 bits per heavy atom. The largest absolute Gasteiger partial charge is 0.302 e. The first-order valence-corrected chi connectivity index (χ1v) is 7.30. The van der Waals surface area contributed by atoms with Crippen LogP contribution in [0.2, 0.25) is 0 Å². The lowest BCUT2D eigenvalue weighted by atomic mass is 10.3. The summed E-state index contributed by atoms with van der Waals surface area (Å²) in [6.45, 7) is 6.29. The summed E-state index contributed by atoms with van der Waals surface area (Å²) >= 11 is 0. The minimum atomic E-state index is -3.27. The molecule has 0 aliphatic rings. The summed E-state index contributed by atoms with van der Waals surface area (Å²) in [5.41, 5.74) is 0. The second-order valence-electron chi connectivity index (χ2n) is 3.80. The van der Waals surface area contributed by atoms with Crippen LogP contribution in [0.3, 0.4) is 0 Å². The van der Waals surface area contributed by atoms with E-state index in [0.29, 0.717) is 18.8 Å². The first kappa shape index (κ1) is 13.2. The molecule has 1 aromatic rings. The first-order chi connectivity index (χ1) is 7.53. The average Bonchev–Trinajstić information content (AvgIpc) is 2.60. The Bertz CT molecular complexity index is 437. The summed E-state index contributed by atoms with van der Waals surface area (Å²) in [7, 11) is -3.27. The Hall–Kier alpha value is -0.910. The van der Waals surface area contributed by atoms with E-state index < -0.39 is 9.84 Å². The van der Waals surface area contributed by atoms with Crippen LogP contribution in [0, 0.1) is 6.92 Å². The van der Waals surface area contributed by atoms with Crippen molar-refractivity contribution in [3.8, 4) is 0 Å². The standard InChI is InChI=1S/C10H19N3O2S/c1-4-6-7-8-16(14,15)10-12-11-9(3)13(10)5-2/h4-8H2,1-3H3. The molecule has 0 atom stereocenters. The quantitative estimate of drug-likeness (QED) is 0.714. The molecule has 0 radical (unpaired) electrons. The summed E-state index contributed by atoms with van der Waals surface area (Å²) in [6, 6.07) is 0. The molecule has 0 aromatic carbocycles. The van der Waals surface area contributed by atoms with E-state index in [1.807, 2.05) is 13.8 Å². The van der Waals surface area contributed by atoms with Crippen molar-refractivity contribution in [3.05, 3.63) is 5.82 Å². The Kier molecular flexibility index (Phi) is 4.46. The summed E-state index contributed by atoms with van der Waals surface area (Å²) in [5, 5.41) is 7.69. The predicted octanol–water partition coefficient (Wildman–Crippen LogP) is 1.57. The fraction of sp³-hybridized carbons (Fsp3) is 0.800. The Labute approximate surface area is 96.8 Å². The molecule has 0 saturated carbocycles. The molecule has 0 bridgehead atoms. The molecule has 16 heavy (non-hydrogen) atoms. The molecule has 0 spiro atoms. The second-order valence-corrected chi connectivity index (χ2v) is 5.80. The van der Waals surface area contributed by atoms with Crippen LogP contribution in [0.25, 0.3) is 0 Å². The Morgan fingerprint density at radius 1 is 1.19 bits per heavy atom. The lowest BCUT2D eigenvalue weighted by Gasteiger charge is -2.05. The molecule has 0 amide bonds. The Morgan fingerprint density at radius 3 is 2.44 bits per heavy atom. The number of sulfone groups is 1. The minimum absolute atomic E-state index is 0.114. The maximum Gasteiger partial charge on any atom is 0.249 e. The number of aryl methyl sites for hydroxylation is 1. The van der Waals surface area contributed by atoms with E-state index in [4.69, 9.17) is 0 Å². The zero-order valence-electron chi connectivity index (χ0n) is 10.1. The number of rotatable bonds is 6. The lowest BCUT2D eigenvalue weighted by Crippen LogP contribution is -2.14. The number of hydrogen-bond acceptors (Lipinski definition) is 4. The van der Waals surface area contributed by atoms with Crippen molar-refractivity contribution in [2.45, 2.75) is 51.7 Å². The number of aromatic nitrogens is 3. The molecule has 0 N–H and O–H groups in total. The van der Waals surface area contributed by atoms with E-state index in [2.05, 4.69) is 10.2 Å². The van der Waals surface area contributed by atoms with Gasteiger partial charge in [0.1, 0.15) is 5.82 Å². The van der Waals surface area contributed by atoms with E-state index in [1.54, 1.807) is 11.5 Å². The molecule has 0 aliphatic heterocycles. The van der Waals surface area contributed by atoms with E-state index in [-0.39, 0.29) is 10.9 Å². The molecule has 1 aromatic heterocycles. The van der Waals surface area contributed by atoms with Gasteiger partial charge in [-0.25, -0.2) is 8.42 Å². The van der Waals surface area contributed by atoms with E-state index in [9.17, 15) is 8.42 Å². The highest BCUT2D eigenvalue weighted by molar-refractivity contribution is 7.91. The van der Waals surface area contributed by atoms with Crippen LogP contribution >= 0.6 is 0 Å². The maximum absolute atomic E-state index is 12.0. The van der Waals surface area contributed by atoms with Crippen LogP contribution in [-0.2, 0) is 16.4 Å². The highest BCUT2D eigenvalue weighted by atomic mass is 32.2. The van der Waals surface area contributed by atoms with Crippen LogP contribution < -0.4 is 0 Å². The van der Waals surface area contributed by atoms with Gasteiger partial charge in [-0.15, -0.1) is 10.2 Å². The second kappa shape index (κ2) is 5.43. The SMILES string of the molecule is CCCCCS(=O)(=O)c1nnc(C)n1CC. The number of unbranched alkanes of at least 4 members (excludes halogenated alkanes) is 2. The van der Waals surface area contributed by atoms with Crippen LogP contribution in [0.5, 0.6) is 0 Å². The van der Waals surface area contributed by atoms with Crippen molar-refractivity contribution in [1.29, 1.82) is 0 Å². The normalized spacial score (nSPS) is 11.9. The van der Waals surface area contributed by atoms with Gasteiger partial charge < -0.3 is 4.57 Å². The van der Waals surface area contributed by atoms with E-state index in [0.717, 1.165) is 12.8 Å². The van der Waals surface area contributed by atoms with Gasteiger partial charge in [0.15, 0.2) is 0 Å². The van der Waals surface area contributed by atoms with Gasteiger partial charge in [-0.3, -0.25) is 0 Å². The van der Waals surface area contributed by atoms with Crippen molar-refractivity contribution in [3.63, 3.8) is 0 Å². The molecule has 1 heterocycles. The molecule has 5 nitrogen and oxygen atoms in total. The fourth-order valence-electron chi connectivity index (χ4n) is 1.59. The Balaban J connectivity index is 2.89. The molecular formula is C10H19N3O2S. The fourth-order valence-corrected chi connectivity index (χ4v) is 3.12. The third-order valence-electron chi connectivity index (χ3n) is 2.51. The summed E-state index contributed by atoms with van der Waals surface area (Å²) < 4.78 is 25.6. The first-order valence-electron chi connectivity index (χ1n) is 5.65. The molecule has 6 heteroatoms. The summed E-state index contributed by atoms with van der Waals surface area (Å²) in [4.78, 5) is 0. The van der Waals surface area contributed by atoms with Gasteiger partial charge in [-0.2, -0.15) is 0 Å². The topological polar surface area (TPSA) is 64.8 Å². The summed E-state index contributed by atoms with van der Waals surface area (Å²) in [5.74, 6) is 0.815. The minimum Gasteiger partial charge on any atom is -0.302 e. The van der Waals surface area contributed by atoms with Crippen molar-refractivity contribution in [1.82, 2.24) is 14.8 Å². The van der Waals surface area contributed by atoms with Gasteiger partial charge in [-0.05, 0) is 20.3 Å². The van der Waals surface area contributed by atoms with Crippen molar-refractivity contribution >= 4 is 9.84 Å². The molecule has 0 saturated heterocycles. The molecule has 0 aliphatic carbocycles. The monoisotopic (exact) mass is 245 g/mol. The summed E-state index contributed by atoms with van der Waals surface area (Å²) in [6.07, 6.45) is 2.63. The molecule has 92 valence electrons. The van der Waals surface area contributed by atoms with Gasteiger partial charge in [0, 0.05) is 6.54 Å². The van der Waals surface area contributed by atoms with Crippen LogP contribution in [-0.4, -0.2) is 28.9 Å².